The third-order valence-electron chi connectivity index (χ3n) is 2.95. The molecule has 1 atom stereocenters. The van der Waals surface area contributed by atoms with Crippen LogP contribution in [0.4, 0.5) is 0 Å². The minimum atomic E-state index is -0.698. The highest BCUT2D eigenvalue weighted by Crippen LogP contribution is 2.39. The molecule has 1 fully saturated rings. The Balaban J connectivity index is 1.83. The molecule has 0 spiro atoms. The Bertz CT molecular complexity index is 490. The minimum absolute atomic E-state index is 0.0937. The fourth-order valence-electron chi connectivity index (χ4n) is 1.73. The van der Waals surface area contributed by atoms with Gasteiger partial charge in [-0.2, -0.15) is 5.26 Å². The summed E-state index contributed by atoms with van der Waals surface area (Å²) in [5.41, 5.74) is 0.277. The minimum Gasteiger partial charge on any atom is -0.337 e. The van der Waals surface area contributed by atoms with Crippen LogP contribution in [0.5, 0.6) is 0 Å². The Labute approximate surface area is 115 Å². The van der Waals surface area contributed by atoms with E-state index in [1.54, 1.807) is 18.3 Å². The number of hydrogen-bond acceptors (Lipinski definition) is 5. The lowest BCUT2D eigenvalue weighted by molar-refractivity contribution is -0.119. The molecule has 0 bridgehead atoms. The van der Waals surface area contributed by atoms with Crippen molar-refractivity contribution in [3.05, 3.63) is 11.1 Å². The van der Waals surface area contributed by atoms with E-state index in [0.29, 0.717) is 11.7 Å². The first-order valence-electron chi connectivity index (χ1n) is 5.80. The predicted octanol–water partition coefficient (Wildman–Crippen LogP) is 2.35. The molecule has 0 radical (unpaired) electrons. The molecule has 96 valence electrons. The van der Waals surface area contributed by atoms with Crippen LogP contribution in [0.2, 0.25) is 0 Å². The van der Waals surface area contributed by atoms with Gasteiger partial charge in [0.1, 0.15) is 5.54 Å². The Kier molecular flexibility index (Phi) is 3.93. The number of amides is 1. The van der Waals surface area contributed by atoms with Gasteiger partial charge in [0.2, 0.25) is 5.91 Å². The summed E-state index contributed by atoms with van der Waals surface area (Å²) in [7, 11) is 0. The van der Waals surface area contributed by atoms with Crippen molar-refractivity contribution in [3.63, 3.8) is 0 Å². The van der Waals surface area contributed by atoms with Crippen molar-refractivity contribution in [2.45, 2.75) is 36.6 Å². The van der Waals surface area contributed by atoms with Gasteiger partial charge in [-0.15, -0.1) is 11.3 Å². The molecular weight excluding hydrogens is 266 g/mol. The highest BCUT2D eigenvalue weighted by molar-refractivity contribution is 8.01. The molecule has 0 unspecified atom stereocenters. The molecule has 4 nitrogen and oxygen atoms in total. The number of rotatable bonds is 5. The predicted molar refractivity (Wildman–Crippen MR) is 72.5 cm³/mol. The third kappa shape index (κ3) is 3.24. The quantitative estimate of drug-likeness (QED) is 0.841. The number of nitrogens with zero attached hydrogens (tertiary/aromatic N) is 2. The molecular formula is C12H15N3OS2. The van der Waals surface area contributed by atoms with Gasteiger partial charge in [-0.3, -0.25) is 4.79 Å². The molecule has 0 aromatic carbocycles. The van der Waals surface area contributed by atoms with E-state index in [1.165, 1.54) is 11.8 Å². The first kappa shape index (κ1) is 13.4. The van der Waals surface area contributed by atoms with Gasteiger partial charge in [-0.1, -0.05) is 11.8 Å². The van der Waals surface area contributed by atoms with Crippen molar-refractivity contribution >= 4 is 29.0 Å². The number of nitriles is 1. The van der Waals surface area contributed by atoms with Gasteiger partial charge in [0.25, 0.3) is 0 Å². The van der Waals surface area contributed by atoms with E-state index in [9.17, 15) is 4.79 Å². The fraction of sp³-hybridized carbons (Fsp3) is 0.583. The summed E-state index contributed by atoms with van der Waals surface area (Å²) in [6.45, 7) is 3.74. The van der Waals surface area contributed by atoms with Crippen LogP contribution in [-0.2, 0) is 4.79 Å². The largest absolute Gasteiger partial charge is 0.337 e. The summed E-state index contributed by atoms with van der Waals surface area (Å²) in [4.78, 5) is 16.1. The van der Waals surface area contributed by atoms with Gasteiger partial charge in [0.15, 0.2) is 4.34 Å². The molecule has 1 amide bonds. The molecule has 1 saturated carbocycles. The normalized spacial score (nSPS) is 17.8. The van der Waals surface area contributed by atoms with Crippen LogP contribution in [0.3, 0.4) is 0 Å². The van der Waals surface area contributed by atoms with Gasteiger partial charge in [0.05, 0.1) is 11.8 Å². The van der Waals surface area contributed by atoms with Crippen molar-refractivity contribution in [3.8, 4) is 6.07 Å². The number of carbonyl (C=O) groups excluding carboxylic acids is 1. The van der Waals surface area contributed by atoms with Gasteiger partial charge in [-0.05, 0) is 32.6 Å². The number of hydrogen-bond donors (Lipinski definition) is 1. The average molecular weight is 281 g/mol. The molecule has 18 heavy (non-hydrogen) atoms. The molecule has 0 aliphatic heterocycles. The van der Waals surface area contributed by atoms with Crippen molar-refractivity contribution < 1.29 is 4.79 Å². The van der Waals surface area contributed by atoms with Crippen molar-refractivity contribution in [2.24, 2.45) is 5.92 Å². The Morgan fingerprint density at radius 1 is 1.78 bits per heavy atom. The van der Waals surface area contributed by atoms with Crippen molar-refractivity contribution in [1.82, 2.24) is 10.3 Å². The molecule has 1 aromatic heterocycles. The average Bonchev–Trinajstić information content (AvgIpc) is 3.11. The molecule has 1 N–H and O–H groups in total. The number of thiazole rings is 1. The lowest BCUT2D eigenvalue weighted by Crippen LogP contribution is -2.47. The Hall–Kier alpha value is -1.06. The fourth-order valence-corrected chi connectivity index (χ4v) is 3.38. The van der Waals surface area contributed by atoms with Gasteiger partial charge < -0.3 is 5.32 Å². The summed E-state index contributed by atoms with van der Waals surface area (Å²) in [6, 6.07) is 2.22. The summed E-state index contributed by atoms with van der Waals surface area (Å²) in [5, 5.41) is 14.0. The maximum atomic E-state index is 11.8. The summed E-state index contributed by atoms with van der Waals surface area (Å²) < 4.78 is 0.896. The van der Waals surface area contributed by atoms with E-state index in [0.717, 1.165) is 22.9 Å². The number of aromatic nitrogens is 1. The van der Waals surface area contributed by atoms with E-state index in [4.69, 9.17) is 5.26 Å². The standard InChI is InChI=1S/C12H15N3OS2/c1-8-5-17-11(14-8)18-6-10(16)15-12(2,7-13)9-3-4-9/h5,9H,3-4,6H2,1-2H3,(H,15,16)/t12-/m0/s1. The molecule has 1 heterocycles. The van der Waals surface area contributed by atoms with Gasteiger partial charge >= 0.3 is 0 Å². The topological polar surface area (TPSA) is 65.8 Å². The lowest BCUT2D eigenvalue weighted by Gasteiger charge is -2.22. The molecule has 1 aliphatic rings. The van der Waals surface area contributed by atoms with Crippen molar-refractivity contribution in [2.75, 3.05) is 5.75 Å². The van der Waals surface area contributed by atoms with Crippen LogP contribution in [0.25, 0.3) is 0 Å². The van der Waals surface area contributed by atoms with Crippen LogP contribution < -0.4 is 5.32 Å². The monoisotopic (exact) mass is 281 g/mol. The van der Waals surface area contributed by atoms with Crippen LogP contribution >= 0.6 is 23.1 Å². The maximum absolute atomic E-state index is 11.8. The summed E-state index contributed by atoms with van der Waals surface area (Å²) in [5.74, 6) is 0.541. The summed E-state index contributed by atoms with van der Waals surface area (Å²) in [6.07, 6.45) is 2.06. The number of carbonyl (C=O) groups is 1. The highest BCUT2D eigenvalue weighted by atomic mass is 32.2. The third-order valence-corrected chi connectivity index (χ3v) is 5.09. The maximum Gasteiger partial charge on any atom is 0.231 e. The summed E-state index contributed by atoms with van der Waals surface area (Å²) >= 11 is 2.96. The van der Waals surface area contributed by atoms with E-state index < -0.39 is 5.54 Å². The Morgan fingerprint density at radius 2 is 2.50 bits per heavy atom. The van der Waals surface area contributed by atoms with E-state index in [1.807, 2.05) is 12.3 Å². The highest BCUT2D eigenvalue weighted by Gasteiger charge is 2.42. The van der Waals surface area contributed by atoms with Crippen LogP contribution in [0, 0.1) is 24.2 Å². The molecule has 6 heteroatoms. The second-order valence-corrected chi connectivity index (χ2v) is 6.76. The van der Waals surface area contributed by atoms with Gasteiger partial charge in [-0.25, -0.2) is 4.98 Å². The van der Waals surface area contributed by atoms with E-state index in [-0.39, 0.29) is 5.91 Å². The van der Waals surface area contributed by atoms with Crippen molar-refractivity contribution in [1.29, 1.82) is 5.26 Å². The first-order valence-corrected chi connectivity index (χ1v) is 7.67. The number of thioether (sulfide) groups is 1. The van der Waals surface area contributed by atoms with Crippen LogP contribution in [0.1, 0.15) is 25.5 Å². The lowest BCUT2D eigenvalue weighted by atomic mass is 9.98. The molecule has 1 aliphatic carbocycles. The molecule has 2 rings (SSSR count). The number of aryl methyl sites for hydroxylation is 1. The zero-order valence-electron chi connectivity index (χ0n) is 10.4. The zero-order valence-corrected chi connectivity index (χ0v) is 12.0. The van der Waals surface area contributed by atoms with Crippen LogP contribution in [-0.4, -0.2) is 22.2 Å². The zero-order chi connectivity index (χ0) is 13.2. The SMILES string of the molecule is Cc1csc(SCC(=O)N[C@@](C)(C#N)C2CC2)n1. The smallest absolute Gasteiger partial charge is 0.231 e. The Morgan fingerprint density at radius 3 is 3.00 bits per heavy atom. The second-order valence-electron chi connectivity index (χ2n) is 4.68. The van der Waals surface area contributed by atoms with Gasteiger partial charge in [0, 0.05) is 11.1 Å². The van der Waals surface area contributed by atoms with E-state index >= 15 is 0 Å². The first-order chi connectivity index (χ1) is 8.53. The number of nitrogens with one attached hydrogen (secondary N) is 1. The van der Waals surface area contributed by atoms with E-state index in [2.05, 4.69) is 16.4 Å². The molecule has 0 saturated heterocycles. The second kappa shape index (κ2) is 5.29. The van der Waals surface area contributed by atoms with Crippen LogP contribution in [0.15, 0.2) is 9.72 Å². The molecule has 1 aromatic rings.